The van der Waals surface area contributed by atoms with E-state index in [9.17, 15) is 32.4 Å². The van der Waals surface area contributed by atoms with Crippen molar-refractivity contribution >= 4 is 50.1 Å². The Hall–Kier alpha value is -6.71. The number of benzene rings is 4. The van der Waals surface area contributed by atoms with Gasteiger partial charge in [0.1, 0.15) is 17.9 Å². The van der Waals surface area contributed by atoms with Crippen molar-refractivity contribution in [3.63, 3.8) is 0 Å². The lowest BCUT2D eigenvalue weighted by Gasteiger charge is -2.16. The Morgan fingerprint density at radius 2 is 1.08 bits per heavy atom. The first-order valence-corrected chi connectivity index (χ1v) is 21.2. The summed E-state index contributed by atoms with van der Waals surface area (Å²) in [7, 11) is 0. The second kappa shape index (κ2) is 15.5. The molecule has 0 radical (unpaired) electrons. The van der Waals surface area contributed by atoms with E-state index in [0.29, 0.717) is 59.2 Å². The molecule has 16 heteroatoms. The molecular formula is C49H44ClF4N5O6. The molecule has 0 spiro atoms. The third-order valence-electron chi connectivity index (χ3n) is 12.2. The van der Waals surface area contributed by atoms with Gasteiger partial charge in [0, 0.05) is 50.4 Å². The Kier molecular flexibility index (Phi) is 10.7. The minimum Gasteiger partial charge on any atom is -0.398 e. The summed E-state index contributed by atoms with van der Waals surface area (Å²) in [5.74, 6) is -0.229. The monoisotopic (exact) mass is 909 g/mol. The fourth-order valence-corrected chi connectivity index (χ4v) is 8.39. The fraction of sp³-hybridized carbons (Fsp3) is 0.347. The lowest BCUT2D eigenvalue weighted by molar-refractivity contribution is -0.287. The molecule has 4 aliphatic rings. The van der Waals surface area contributed by atoms with E-state index in [0.717, 1.165) is 33.2 Å². The Bertz CT molecular complexity index is 3010. The van der Waals surface area contributed by atoms with Gasteiger partial charge in [-0.3, -0.25) is 9.59 Å². The predicted octanol–water partition coefficient (Wildman–Crippen LogP) is 11.2. The molecule has 4 aromatic carbocycles. The van der Waals surface area contributed by atoms with Crippen molar-refractivity contribution in [1.29, 1.82) is 10.5 Å². The van der Waals surface area contributed by atoms with Crippen LogP contribution >= 0.6 is 11.6 Å². The van der Waals surface area contributed by atoms with Gasteiger partial charge in [-0.2, -0.15) is 10.5 Å². The van der Waals surface area contributed by atoms with Gasteiger partial charge in [-0.1, -0.05) is 59.7 Å². The highest BCUT2D eigenvalue weighted by Crippen LogP contribution is 2.54. The fourth-order valence-electron chi connectivity index (χ4n) is 8.09. The zero-order valence-corrected chi connectivity index (χ0v) is 37.0. The number of nitrogens with zero attached hydrogens (tertiary/aromatic N) is 2. The number of nitrogens with two attached hydrogens (primary N) is 1. The number of hydrogen-bond donors (Lipinski definition) is 3. The standard InChI is InChI=1S/C25H22F2N2O3.C13H15N3.C11H7ClF2O3/c1-23(2,3)21-12-16-17(13-28)14(4-6-18(16)29-21)10-22(30)24(8-9-24)15-5-7-19-20(11-15)32-25(26,27)31-19;1-13(2,3)12-6-8-9(7-14)10(15)4-5-11(8)16-12;12-9(15)10(3-4-10)6-1-2-7-8(5-6)17-11(13,14)16-7/h4-7,11-12,29H,8-10H2,1-3H3;4-6,16H,15H2,1-3H3;1-2,5H,3-4H2. The van der Waals surface area contributed by atoms with Crippen LogP contribution in [0.15, 0.2) is 72.8 Å². The number of rotatable bonds is 6. The maximum Gasteiger partial charge on any atom is 0.586 e. The van der Waals surface area contributed by atoms with Gasteiger partial charge >= 0.3 is 12.6 Å². The smallest absolute Gasteiger partial charge is 0.398 e. The number of Topliss-reactive ketones (excluding diaryl/α,β-unsaturated/α-hetero) is 1. The Balaban J connectivity index is 0.000000147. The summed E-state index contributed by atoms with van der Waals surface area (Å²) in [6.45, 7) is 12.7. The summed E-state index contributed by atoms with van der Waals surface area (Å²) in [6, 6.07) is 24.7. The van der Waals surface area contributed by atoms with Gasteiger partial charge in [-0.05, 0) is 109 Å². The highest BCUT2D eigenvalue weighted by atomic mass is 35.5. The van der Waals surface area contributed by atoms with Crippen LogP contribution in [-0.2, 0) is 37.7 Å². The van der Waals surface area contributed by atoms with Crippen molar-refractivity contribution in [3.8, 4) is 35.1 Å². The van der Waals surface area contributed by atoms with Crippen LogP contribution in [0, 0.1) is 22.7 Å². The quantitative estimate of drug-likeness (QED) is 0.0834. The van der Waals surface area contributed by atoms with Crippen LogP contribution in [-0.4, -0.2) is 33.6 Å². The molecule has 2 aliphatic heterocycles. The molecule has 2 aliphatic carbocycles. The number of anilines is 1. The van der Waals surface area contributed by atoms with E-state index in [1.807, 2.05) is 30.3 Å². The number of nitriles is 2. The number of fused-ring (bicyclic) bond motifs is 4. The van der Waals surface area contributed by atoms with E-state index in [4.69, 9.17) is 22.6 Å². The Morgan fingerprint density at radius 3 is 1.51 bits per heavy atom. The summed E-state index contributed by atoms with van der Waals surface area (Å²) in [5.41, 5.74) is 11.7. The minimum atomic E-state index is -3.69. The van der Waals surface area contributed by atoms with E-state index < -0.39 is 28.7 Å². The van der Waals surface area contributed by atoms with Crippen molar-refractivity contribution in [1.82, 2.24) is 9.97 Å². The third-order valence-corrected chi connectivity index (χ3v) is 12.6. The van der Waals surface area contributed by atoms with Gasteiger partial charge in [0.05, 0.1) is 27.6 Å². The maximum absolute atomic E-state index is 13.4. The zero-order valence-electron chi connectivity index (χ0n) is 36.3. The number of ether oxygens (including phenoxy) is 4. The van der Waals surface area contributed by atoms with E-state index in [1.54, 1.807) is 18.2 Å². The third kappa shape index (κ3) is 8.53. The highest BCUT2D eigenvalue weighted by Gasteiger charge is 2.53. The van der Waals surface area contributed by atoms with Gasteiger partial charge in [0.15, 0.2) is 23.0 Å². The van der Waals surface area contributed by atoms with Crippen LogP contribution in [0.1, 0.15) is 106 Å². The molecule has 6 aromatic rings. The van der Waals surface area contributed by atoms with Crippen molar-refractivity contribution in [2.75, 3.05) is 5.73 Å². The molecule has 10 rings (SSSR count). The minimum absolute atomic E-state index is 0.0310. The first-order chi connectivity index (χ1) is 30.4. The van der Waals surface area contributed by atoms with Crippen LogP contribution in [0.3, 0.4) is 0 Å². The Labute approximate surface area is 376 Å². The molecule has 2 aromatic heterocycles. The molecule has 4 heterocycles. The summed E-state index contributed by atoms with van der Waals surface area (Å²) >= 11 is 5.51. The first kappa shape index (κ1) is 44.9. The number of nitrogen functional groups attached to an aromatic ring is 1. The molecule has 0 saturated heterocycles. The van der Waals surface area contributed by atoms with Crippen LogP contribution in [0.4, 0.5) is 23.2 Å². The molecule has 2 fully saturated rings. The van der Waals surface area contributed by atoms with Gasteiger partial charge in [0.25, 0.3) is 0 Å². The summed E-state index contributed by atoms with van der Waals surface area (Å²) in [6.07, 6.45) is -4.71. The normalized spacial score (nSPS) is 17.5. The summed E-state index contributed by atoms with van der Waals surface area (Å²) in [5, 5.41) is 20.2. The number of carbonyl (C=O) groups excluding carboxylic acids is 2. The number of aromatic amines is 2. The number of hydrogen-bond acceptors (Lipinski definition) is 9. The SMILES string of the molecule is CC(C)(C)c1cc2c(C#N)c(CC(=O)C3(c4ccc5c(c4)OC(F)(F)O5)CC3)ccc2[nH]1.CC(C)(C)c1cc2c(C#N)c(N)ccc2[nH]1.O=C(Cl)C1(c2ccc3c(c2)OC(F)(F)O3)CC1. The molecule has 0 atom stereocenters. The molecule has 0 bridgehead atoms. The largest absolute Gasteiger partial charge is 0.586 e. The molecule has 2 saturated carbocycles. The molecule has 11 nitrogen and oxygen atoms in total. The summed E-state index contributed by atoms with van der Waals surface area (Å²) in [4.78, 5) is 31.4. The predicted molar refractivity (Wildman–Crippen MR) is 235 cm³/mol. The molecule has 0 unspecified atom stereocenters. The van der Waals surface area contributed by atoms with Gasteiger partial charge in [-0.25, -0.2) is 0 Å². The second-order valence-electron chi connectivity index (χ2n) is 18.8. The number of alkyl halides is 4. The lowest BCUT2D eigenvalue weighted by Crippen LogP contribution is -2.26. The molecular weight excluding hydrogens is 866 g/mol. The first-order valence-electron chi connectivity index (χ1n) is 20.8. The van der Waals surface area contributed by atoms with Crippen LogP contribution in [0.2, 0.25) is 0 Å². The number of ketones is 1. The van der Waals surface area contributed by atoms with Crippen LogP contribution in [0.25, 0.3) is 21.8 Å². The van der Waals surface area contributed by atoms with Gasteiger partial charge in [0.2, 0.25) is 5.24 Å². The number of carbonyl (C=O) groups is 2. The van der Waals surface area contributed by atoms with Crippen LogP contribution < -0.4 is 24.7 Å². The molecule has 0 amide bonds. The average Bonchev–Trinajstić information content (AvgIpc) is 4.03. The second-order valence-corrected chi connectivity index (χ2v) is 19.2. The number of nitrogens with one attached hydrogen (secondary N) is 2. The molecule has 65 heavy (non-hydrogen) atoms. The average molecular weight is 910 g/mol. The van der Waals surface area contributed by atoms with Crippen molar-refractivity contribution in [3.05, 3.63) is 112 Å². The van der Waals surface area contributed by atoms with Gasteiger partial charge < -0.3 is 34.6 Å². The zero-order chi connectivity index (χ0) is 47.1. The molecule has 4 N–H and O–H groups in total. The number of H-pyrrole nitrogens is 2. The number of aromatic nitrogens is 2. The Morgan fingerprint density at radius 1 is 0.646 bits per heavy atom. The van der Waals surface area contributed by atoms with E-state index >= 15 is 0 Å². The van der Waals surface area contributed by atoms with E-state index in [-0.39, 0.29) is 46.0 Å². The van der Waals surface area contributed by atoms with Crippen LogP contribution in [0.5, 0.6) is 23.0 Å². The molecule has 336 valence electrons. The topological polar surface area (TPSA) is 176 Å². The maximum atomic E-state index is 13.4. The van der Waals surface area contributed by atoms with Crippen molar-refractivity contribution in [2.45, 2.75) is 108 Å². The number of halogens is 5. The van der Waals surface area contributed by atoms with Crippen molar-refractivity contribution in [2.24, 2.45) is 0 Å². The van der Waals surface area contributed by atoms with E-state index in [1.165, 1.54) is 24.3 Å². The van der Waals surface area contributed by atoms with Gasteiger partial charge in [-0.15, -0.1) is 17.6 Å². The van der Waals surface area contributed by atoms with Crippen molar-refractivity contribution < 1.29 is 46.1 Å². The summed E-state index contributed by atoms with van der Waals surface area (Å²) < 4.78 is 70.0. The van der Waals surface area contributed by atoms with E-state index in [2.05, 4.69) is 82.6 Å². The highest BCUT2D eigenvalue weighted by molar-refractivity contribution is 6.66. The lowest BCUT2D eigenvalue weighted by atomic mass is 9.86.